The second kappa shape index (κ2) is 8.83. The number of aryl methyl sites for hydroxylation is 2. The number of nitrogens with zero attached hydrogens (tertiary/aromatic N) is 3. The first-order chi connectivity index (χ1) is 14.5. The van der Waals surface area contributed by atoms with Crippen molar-refractivity contribution in [3.05, 3.63) is 53.0 Å². The zero-order valence-corrected chi connectivity index (χ0v) is 17.8. The Kier molecular flexibility index (Phi) is 5.99. The third-order valence-electron chi connectivity index (χ3n) is 5.50. The number of hydrogen-bond acceptors (Lipinski definition) is 7. The van der Waals surface area contributed by atoms with E-state index in [0.29, 0.717) is 40.7 Å². The lowest BCUT2D eigenvalue weighted by Gasteiger charge is -2.32. The van der Waals surface area contributed by atoms with Crippen molar-refractivity contribution >= 4 is 22.9 Å². The van der Waals surface area contributed by atoms with Gasteiger partial charge in [-0.1, -0.05) is 30.3 Å². The summed E-state index contributed by atoms with van der Waals surface area (Å²) in [6.45, 7) is 8.67. The van der Waals surface area contributed by atoms with E-state index >= 15 is 0 Å². The maximum absolute atomic E-state index is 12.5. The third-order valence-corrected chi connectivity index (χ3v) is 5.50. The van der Waals surface area contributed by atoms with E-state index < -0.39 is 5.97 Å². The van der Waals surface area contributed by atoms with Crippen LogP contribution in [0.3, 0.4) is 0 Å². The van der Waals surface area contributed by atoms with Crippen molar-refractivity contribution in [1.82, 2.24) is 14.9 Å². The maximum atomic E-state index is 12.5. The zero-order valence-electron chi connectivity index (χ0n) is 17.8. The topological polar surface area (TPSA) is 80.5 Å². The van der Waals surface area contributed by atoms with E-state index in [2.05, 4.69) is 44.5 Å². The fraction of sp³-hybridized carbons (Fsp3) is 0.435. The van der Waals surface area contributed by atoms with Crippen molar-refractivity contribution in [2.24, 2.45) is 0 Å². The van der Waals surface area contributed by atoms with Crippen LogP contribution in [-0.2, 0) is 11.3 Å². The molecule has 3 heterocycles. The lowest BCUT2D eigenvalue weighted by Crippen LogP contribution is -2.38. The molecule has 2 aromatic heterocycles. The Morgan fingerprint density at radius 2 is 1.93 bits per heavy atom. The first kappa shape index (κ1) is 20.3. The molecule has 158 valence electrons. The molecule has 30 heavy (non-hydrogen) atoms. The van der Waals surface area contributed by atoms with E-state index in [1.165, 1.54) is 5.56 Å². The van der Waals surface area contributed by atoms with Crippen molar-refractivity contribution < 1.29 is 13.9 Å². The average Bonchev–Trinajstić information content (AvgIpc) is 3.06. The molecule has 0 spiro atoms. The molecule has 0 unspecified atom stereocenters. The Hall–Kier alpha value is -2.93. The minimum absolute atomic E-state index is 0.278. The number of rotatable bonds is 6. The minimum atomic E-state index is -0.401. The first-order valence-corrected chi connectivity index (χ1v) is 10.5. The fourth-order valence-electron chi connectivity index (χ4n) is 4.04. The van der Waals surface area contributed by atoms with Gasteiger partial charge >= 0.3 is 5.97 Å². The Morgan fingerprint density at radius 3 is 2.63 bits per heavy atom. The highest BCUT2D eigenvalue weighted by atomic mass is 16.5. The van der Waals surface area contributed by atoms with Gasteiger partial charge in [0.05, 0.1) is 12.0 Å². The van der Waals surface area contributed by atoms with Crippen LogP contribution in [0.5, 0.6) is 0 Å². The smallest absolute Gasteiger partial charge is 0.342 e. The number of esters is 1. The molecule has 1 aliphatic heterocycles. The third kappa shape index (κ3) is 4.31. The number of carbonyl (C=O) groups excluding carboxylic acids is 1. The largest absolute Gasteiger partial charge is 0.462 e. The lowest BCUT2D eigenvalue weighted by atomic mass is 10.0. The number of anilines is 1. The van der Waals surface area contributed by atoms with Crippen molar-refractivity contribution in [3.8, 4) is 0 Å². The van der Waals surface area contributed by atoms with Crippen LogP contribution >= 0.6 is 0 Å². The summed E-state index contributed by atoms with van der Waals surface area (Å²) < 4.78 is 11.0. The van der Waals surface area contributed by atoms with E-state index in [4.69, 9.17) is 9.15 Å². The van der Waals surface area contributed by atoms with Crippen LogP contribution in [0.2, 0.25) is 0 Å². The van der Waals surface area contributed by atoms with Gasteiger partial charge in [0, 0.05) is 25.7 Å². The summed E-state index contributed by atoms with van der Waals surface area (Å²) in [6.07, 6.45) is 2.01. The SMILES string of the molecule is CCOC(=O)c1c(C)oc2nc(C)nc(NC3CCN(Cc4ccccc4)CC3)c12. The quantitative estimate of drug-likeness (QED) is 0.615. The van der Waals surface area contributed by atoms with Crippen LogP contribution < -0.4 is 5.32 Å². The number of carbonyl (C=O) groups is 1. The number of nitrogens with one attached hydrogen (secondary N) is 1. The highest BCUT2D eigenvalue weighted by Crippen LogP contribution is 2.31. The molecule has 1 aromatic carbocycles. The number of aromatic nitrogens is 2. The van der Waals surface area contributed by atoms with Crippen LogP contribution in [0.15, 0.2) is 34.7 Å². The highest BCUT2D eigenvalue weighted by Gasteiger charge is 2.26. The standard InChI is InChI=1S/C23H28N4O3/c1-4-29-23(28)19-15(2)30-22-20(19)21(24-16(3)25-22)26-18-10-12-27(13-11-18)14-17-8-6-5-7-9-17/h5-9,18H,4,10-14H2,1-3H3,(H,24,25,26). The summed E-state index contributed by atoms with van der Waals surface area (Å²) in [7, 11) is 0. The van der Waals surface area contributed by atoms with Crippen LogP contribution in [0.1, 0.15) is 47.3 Å². The number of likely N-dealkylation sites (tertiary alicyclic amines) is 1. The molecule has 0 radical (unpaired) electrons. The summed E-state index contributed by atoms with van der Waals surface area (Å²) in [5.74, 6) is 1.36. The number of hydrogen-bond donors (Lipinski definition) is 1. The number of furan rings is 1. The molecule has 0 aliphatic carbocycles. The summed E-state index contributed by atoms with van der Waals surface area (Å²) in [6, 6.07) is 10.8. The predicted molar refractivity (Wildman–Crippen MR) is 116 cm³/mol. The van der Waals surface area contributed by atoms with Gasteiger partial charge in [-0.3, -0.25) is 4.90 Å². The fourth-order valence-corrected chi connectivity index (χ4v) is 4.04. The Labute approximate surface area is 176 Å². The van der Waals surface area contributed by atoms with Gasteiger partial charge in [0.1, 0.15) is 23.0 Å². The molecule has 1 N–H and O–H groups in total. The molecule has 7 heteroatoms. The lowest BCUT2D eigenvalue weighted by molar-refractivity contribution is 0.0526. The molecule has 3 aromatic rings. The first-order valence-electron chi connectivity index (χ1n) is 10.5. The molecular weight excluding hydrogens is 380 g/mol. The molecule has 4 rings (SSSR count). The number of ether oxygens (including phenoxy) is 1. The predicted octanol–water partition coefficient (Wildman–Crippen LogP) is 4.09. The van der Waals surface area contributed by atoms with Gasteiger partial charge in [0.2, 0.25) is 5.71 Å². The Morgan fingerprint density at radius 1 is 1.20 bits per heavy atom. The van der Waals surface area contributed by atoms with Gasteiger partial charge in [-0.05, 0) is 39.2 Å². The van der Waals surface area contributed by atoms with Crippen LogP contribution in [0.25, 0.3) is 11.1 Å². The van der Waals surface area contributed by atoms with Crippen LogP contribution in [-0.4, -0.2) is 46.6 Å². The van der Waals surface area contributed by atoms with Crippen LogP contribution in [0, 0.1) is 13.8 Å². The Bertz CT molecular complexity index is 1020. The molecule has 0 atom stereocenters. The molecule has 1 saturated heterocycles. The van der Waals surface area contributed by atoms with E-state index in [1.807, 2.05) is 13.0 Å². The van der Waals surface area contributed by atoms with E-state index in [0.717, 1.165) is 32.5 Å². The summed E-state index contributed by atoms with van der Waals surface area (Å²) >= 11 is 0. The molecule has 7 nitrogen and oxygen atoms in total. The summed E-state index contributed by atoms with van der Waals surface area (Å²) in [4.78, 5) is 24.0. The molecule has 0 bridgehead atoms. The maximum Gasteiger partial charge on any atom is 0.342 e. The van der Waals surface area contributed by atoms with Gasteiger partial charge in [-0.25, -0.2) is 9.78 Å². The molecule has 0 saturated carbocycles. The zero-order chi connectivity index (χ0) is 21.1. The van der Waals surface area contributed by atoms with E-state index in [1.54, 1.807) is 13.8 Å². The van der Waals surface area contributed by atoms with E-state index in [9.17, 15) is 4.79 Å². The monoisotopic (exact) mass is 408 g/mol. The van der Waals surface area contributed by atoms with Crippen molar-refractivity contribution in [3.63, 3.8) is 0 Å². The van der Waals surface area contributed by atoms with E-state index in [-0.39, 0.29) is 6.04 Å². The van der Waals surface area contributed by atoms with Gasteiger partial charge in [0.25, 0.3) is 0 Å². The van der Waals surface area contributed by atoms with Crippen molar-refractivity contribution in [2.45, 2.75) is 46.2 Å². The average molecular weight is 409 g/mol. The highest BCUT2D eigenvalue weighted by molar-refractivity contribution is 6.07. The van der Waals surface area contributed by atoms with Gasteiger partial charge in [0.15, 0.2) is 0 Å². The molecule has 0 amide bonds. The minimum Gasteiger partial charge on any atom is -0.462 e. The molecule has 1 aliphatic rings. The molecular formula is C23H28N4O3. The van der Waals surface area contributed by atoms with Gasteiger partial charge < -0.3 is 14.5 Å². The molecule has 1 fully saturated rings. The van der Waals surface area contributed by atoms with Gasteiger partial charge in [-0.2, -0.15) is 4.98 Å². The number of fused-ring (bicyclic) bond motifs is 1. The van der Waals surface area contributed by atoms with Crippen molar-refractivity contribution in [1.29, 1.82) is 0 Å². The van der Waals surface area contributed by atoms with Crippen LogP contribution in [0.4, 0.5) is 5.82 Å². The number of piperidine rings is 1. The Balaban J connectivity index is 1.51. The summed E-state index contributed by atoms with van der Waals surface area (Å²) in [5, 5.41) is 4.17. The van der Waals surface area contributed by atoms with Crippen molar-refractivity contribution in [2.75, 3.05) is 25.0 Å². The second-order valence-corrected chi connectivity index (χ2v) is 7.73. The number of benzene rings is 1. The summed E-state index contributed by atoms with van der Waals surface area (Å²) in [5.41, 5.74) is 2.17. The normalized spacial score (nSPS) is 15.4. The van der Waals surface area contributed by atoms with Gasteiger partial charge in [-0.15, -0.1) is 0 Å². The second-order valence-electron chi connectivity index (χ2n) is 7.73.